The summed E-state index contributed by atoms with van der Waals surface area (Å²) in [5.74, 6) is -0.733. The second kappa shape index (κ2) is 10.8. The van der Waals surface area contributed by atoms with Gasteiger partial charge in [-0.05, 0) is 61.1 Å². The Bertz CT molecular complexity index is 1170. The predicted octanol–water partition coefficient (Wildman–Crippen LogP) is 4.25. The molecule has 35 heavy (non-hydrogen) atoms. The SMILES string of the molecule is CCS(=O)(=O)N1CCCC(Nc2cc(NC(=O)c3ccc(C(C)(C)C)cc3)ccc2C(=O)OC)C1. The summed E-state index contributed by atoms with van der Waals surface area (Å²) < 4.78 is 31.1. The van der Waals surface area contributed by atoms with E-state index in [0.29, 0.717) is 42.0 Å². The van der Waals surface area contributed by atoms with Gasteiger partial charge in [0.25, 0.3) is 5.91 Å². The average molecular weight is 502 g/mol. The zero-order valence-electron chi connectivity index (χ0n) is 21.1. The highest BCUT2D eigenvalue weighted by molar-refractivity contribution is 7.89. The molecule has 1 aliphatic heterocycles. The van der Waals surface area contributed by atoms with Gasteiger partial charge in [-0.3, -0.25) is 4.79 Å². The Hall–Kier alpha value is -2.91. The molecule has 2 aromatic rings. The minimum atomic E-state index is -3.30. The molecule has 1 aliphatic rings. The summed E-state index contributed by atoms with van der Waals surface area (Å²) in [7, 11) is -2.00. The topological polar surface area (TPSA) is 105 Å². The summed E-state index contributed by atoms with van der Waals surface area (Å²) in [6.45, 7) is 8.77. The molecule has 3 rings (SSSR count). The van der Waals surface area contributed by atoms with Crippen LogP contribution in [0.25, 0.3) is 0 Å². The molecule has 2 aromatic carbocycles. The van der Waals surface area contributed by atoms with Crippen molar-refractivity contribution in [2.75, 3.05) is 36.6 Å². The summed E-state index contributed by atoms with van der Waals surface area (Å²) in [6, 6.07) is 12.2. The van der Waals surface area contributed by atoms with Crippen LogP contribution in [0.4, 0.5) is 11.4 Å². The Labute approximate surface area is 208 Å². The molecule has 8 nitrogen and oxygen atoms in total. The Morgan fingerprint density at radius 3 is 2.40 bits per heavy atom. The van der Waals surface area contributed by atoms with Crippen molar-refractivity contribution >= 4 is 33.3 Å². The number of ether oxygens (including phenoxy) is 1. The first kappa shape index (κ1) is 26.7. The van der Waals surface area contributed by atoms with E-state index < -0.39 is 16.0 Å². The number of benzene rings is 2. The van der Waals surface area contributed by atoms with Crippen LogP contribution in [-0.2, 0) is 20.2 Å². The summed E-state index contributed by atoms with van der Waals surface area (Å²) in [5, 5.41) is 6.19. The van der Waals surface area contributed by atoms with Gasteiger partial charge >= 0.3 is 5.97 Å². The minimum Gasteiger partial charge on any atom is -0.465 e. The lowest BCUT2D eigenvalue weighted by molar-refractivity contribution is 0.0601. The van der Waals surface area contributed by atoms with Crippen LogP contribution in [0, 0.1) is 0 Å². The lowest BCUT2D eigenvalue weighted by Gasteiger charge is -2.33. The Balaban J connectivity index is 1.81. The maximum Gasteiger partial charge on any atom is 0.339 e. The number of anilines is 2. The highest BCUT2D eigenvalue weighted by Gasteiger charge is 2.28. The third-order valence-corrected chi connectivity index (χ3v) is 8.05. The van der Waals surface area contributed by atoms with Crippen LogP contribution >= 0.6 is 0 Å². The van der Waals surface area contributed by atoms with Crippen molar-refractivity contribution in [3.8, 4) is 0 Å². The first-order chi connectivity index (χ1) is 16.4. The van der Waals surface area contributed by atoms with Crippen molar-refractivity contribution in [2.45, 2.75) is 52.0 Å². The van der Waals surface area contributed by atoms with E-state index in [1.165, 1.54) is 11.4 Å². The van der Waals surface area contributed by atoms with Crippen LogP contribution < -0.4 is 10.6 Å². The molecule has 0 aliphatic carbocycles. The van der Waals surface area contributed by atoms with E-state index >= 15 is 0 Å². The molecule has 1 amide bonds. The monoisotopic (exact) mass is 501 g/mol. The number of amides is 1. The minimum absolute atomic E-state index is 0.00947. The number of carbonyl (C=O) groups is 2. The molecule has 2 N–H and O–H groups in total. The van der Waals surface area contributed by atoms with Crippen molar-refractivity contribution in [1.82, 2.24) is 4.31 Å². The number of rotatable bonds is 7. The molecule has 1 fully saturated rings. The molecule has 1 heterocycles. The summed E-state index contributed by atoms with van der Waals surface area (Å²) >= 11 is 0. The van der Waals surface area contributed by atoms with Gasteiger partial charge in [0.1, 0.15) is 0 Å². The van der Waals surface area contributed by atoms with Crippen LogP contribution in [0.15, 0.2) is 42.5 Å². The van der Waals surface area contributed by atoms with E-state index in [-0.39, 0.29) is 23.1 Å². The lowest BCUT2D eigenvalue weighted by Crippen LogP contribution is -2.45. The standard InChI is InChI=1S/C26H35N3O5S/c1-6-35(32,33)29-15-7-8-21(17-29)27-23-16-20(13-14-22(23)25(31)34-5)28-24(30)18-9-11-19(12-10-18)26(2,3)4/h9-14,16,21,27H,6-8,15,17H2,1-5H3,(H,28,30). The van der Waals surface area contributed by atoms with Gasteiger partial charge in [0.2, 0.25) is 10.0 Å². The normalized spacial score (nSPS) is 17.0. The van der Waals surface area contributed by atoms with Crippen molar-refractivity contribution in [3.63, 3.8) is 0 Å². The average Bonchev–Trinajstić information content (AvgIpc) is 2.83. The van der Waals surface area contributed by atoms with Gasteiger partial charge in [0.05, 0.1) is 24.1 Å². The van der Waals surface area contributed by atoms with E-state index in [2.05, 4.69) is 31.4 Å². The van der Waals surface area contributed by atoms with Gasteiger partial charge in [0, 0.05) is 30.4 Å². The van der Waals surface area contributed by atoms with Crippen molar-refractivity contribution in [3.05, 3.63) is 59.2 Å². The van der Waals surface area contributed by atoms with Crippen molar-refractivity contribution in [2.24, 2.45) is 0 Å². The molecule has 1 saturated heterocycles. The van der Waals surface area contributed by atoms with Crippen LogP contribution in [0.1, 0.15) is 66.8 Å². The van der Waals surface area contributed by atoms with E-state index in [9.17, 15) is 18.0 Å². The van der Waals surface area contributed by atoms with Gasteiger partial charge in [-0.2, -0.15) is 4.31 Å². The first-order valence-corrected chi connectivity index (χ1v) is 13.4. The Kier molecular flexibility index (Phi) is 8.22. The van der Waals surface area contributed by atoms with Gasteiger partial charge in [-0.25, -0.2) is 13.2 Å². The van der Waals surface area contributed by atoms with E-state index in [0.717, 1.165) is 12.0 Å². The molecule has 0 bridgehead atoms. The largest absolute Gasteiger partial charge is 0.465 e. The second-order valence-electron chi connectivity index (χ2n) is 9.78. The molecule has 1 unspecified atom stereocenters. The van der Waals surface area contributed by atoms with Crippen LogP contribution in [0.3, 0.4) is 0 Å². The lowest BCUT2D eigenvalue weighted by atomic mass is 9.87. The molecule has 0 saturated carbocycles. The second-order valence-corrected chi connectivity index (χ2v) is 12.0. The van der Waals surface area contributed by atoms with Gasteiger partial charge in [-0.1, -0.05) is 32.9 Å². The molecule has 190 valence electrons. The molecular formula is C26H35N3O5S. The molecular weight excluding hydrogens is 466 g/mol. The van der Waals surface area contributed by atoms with Crippen molar-refractivity contribution < 1.29 is 22.7 Å². The van der Waals surface area contributed by atoms with Crippen LogP contribution in [0.5, 0.6) is 0 Å². The number of nitrogens with one attached hydrogen (secondary N) is 2. The number of sulfonamides is 1. The van der Waals surface area contributed by atoms with E-state index in [1.54, 1.807) is 37.3 Å². The maximum atomic E-state index is 12.8. The molecule has 0 radical (unpaired) electrons. The summed E-state index contributed by atoms with van der Waals surface area (Å²) in [6.07, 6.45) is 1.47. The van der Waals surface area contributed by atoms with Crippen molar-refractivity contribution in [1.29, 1.82) is 0 Å². The van der Waals surface area contributed by atoms with E-state index in [1.807, 2.05) is 12.1 Å². The fraction of sp³-hybridized carbons (Fsp3) is 0.462. The Morgan fingerprint density at radius 2 is 1.80 bits per heavy atom. The third-order valence-electron chi connectivity index (χ3n) is 6.20. The molecule has 0 aromatic heterocycles. The molecule has 9 heteroatoms. The maximum absolute atomic E-state index is 12.8. The highest BCUT2D eigenvalue weighted by atomic mass is 32.2. The zero-order chi connectivity index (χ0) is 25.8. The third kappa shape index (κ3) is 6.61. The number of hydrogen-bond acceptors (Lipinski definition) is 6. The van der Waals surface area contributed by atoms with Crippen LogP contribution in [0.2, 0.25) is 0 Å². The van der Waals surface area contributed by atoms with Gasteiger partial charge in [-0.15, -0.1) is 0 Å². The number of hydrogen-bond donors (Lipinski definition) is 2. The first-order valence-electron chi connectivity index (χ1n) is 11.8. The summed E-state index contributed by atoms with van der Waals surface area (Å²) in [5.41, 5.74) is 2.96. The van der Waals surface area contributed by atoms with Gasteiger partial charge in [0.15, 0.2) is 0 Å². The summed E-state index contributed by atoms with van der Waals surface area (Å²) in [4.78, 5) is 25.2. The zero-order valence-corrected chi connectivity index (χ0v) is 21.9. The van der Waals surface area contributed by atoms with Crippen LogP contribution in [-0.4, -0.2) is 56.6 Å². The quantitative estimate of drug-likeness (QED) is 0.550. The predicted molar refractivity (Wildman–Crippen MR) is 139 cm³/mol. The fourth-order valence-corrected chi connectivity index (χ4v) is 5.25. The number of esters is 1. The smallest absolute Gasteiger partial charge is 0.339 e. The number of nitrogens with zero attached hydrogens (tertiary/aromatic N) is 1. The number of methoxy groups -OCH3 is 1. The molecule has 0 spiro atoms. The molecule has 1 atom stereocenters. The number of piperidine rings is 1. The van der Waals surface area contributed by atoms with Gasteiger partial charge < -0.3 is 15.4 Å². The van der Waals surface area contributed by atoms with E-state index in [4.69, 9.17) is 4.74 Å². The highest BCUT2D eigenvalue weighted by Crippen LogP contribution is 2.27. The fourth-order valence-electron chi connectivity index (χ4n) is 4.07. The Morgan fingerprint density at radius 1 is 1.11 bits per heavy atom. The number of carbonyl (C=O) groups excluding carboxylic acids is 2.